The molecule has 0 aliphatic heterocycles. The zero-order valence-electron chi connectivity index (χ0n) is 9.02. The number of nitrogens with zero attached hydrogens (tertiary/aromatic N) is 4. The van der Waals surface area contributed by atoms with Gasteiger partial charge in [0.2, 0.25) is 0 Å². The monoisotopic (exact) mass is 288 g/mol. The molecule has 84 valence electrons. The molecule has 1 aromatic carbocycles. The van der Waals surface area contributed by atoms with Gasteiger partial charge in [-0.1, -0.05) is 39.0 Å². The zero-order valence-corrected chi connectivity index (χ0v) is 10.6. The topological polar surface area (TPSA) is 72.5 Å². The summed E-state index contributed by atoms with van der Waals surface area (Å²) < 4.78 is 0. The smallest absolute Gasteiger partial charge is 0.0992 e. The maximum atomic E-state index is 8.80. The van der Waals surface area contributed by atoms with Gasteiger partial charge in [0.15, 0.2) is 0 Å². The van der Waals surface area contributed by atoms with Gasteiger partial charge in [0.05, 0.1) is 11.6 Å². The third kappa shape index (κ3) is 4.20. The molecule has 0 atom stereocenters. The van der Waals surface area contributed by atoms with Crippen LogP contribution in [0.4, 0.5) is 0 Å². The minimum Gasteiger partial charge on any atom is -0.192 e. The number of azide groups is 1. The molecule has 1 aromatic rings. The van der Waals surface area contributed by atoms with Crippen molar-refractivity contribution in [3.63, 3.8) is 0 Å². The highest BCUT2D eigenvalue weighted by atomic mass is 79.9. The molecular formula is C12H9BrN4. The number of hydrogen-bond donors (Lipinski definition) is 0. The van der Waals surface area contributed by atoms with Crippen LogP contribution >= 0.6 is 15.9 Å². The minimum absolute atomic E-state index is 0.366. The molecule has 0 bridgehead atoms. The molecular weight excluding hydrogens is 280 g/mol. The first kappa shape index (κ1) is 13.1. The van der Waals surface area contributed by atoms with E-state index in [9.17, 15) is 0 Å². The third-order valence-electron chi connectivity index (χ3n) is 2.01. The molecule has 0 spiro atoms. The lowest BCUT2D eigenvalue weighted by molar-refractivity contribution is 1.01. The lowest BCUT2D eigenvalue weighted by Gasteiger charge is -2.00. The zero-order chi connectivity index (χ0) is 12.5. The summed E-state index contributed by atoms with van der Waals surface area (Å²) in [5.74, 6) is 5.90. The number of rotatable bonds is 3. The van der Waals surface area contributed by atoms with Gasteiger partial charge in [0.1, 0.15) is 0 Å². The van der Waals surface area contributed by atoms with E-state index in [1.807, 2.05) is 6.07 Å². The fraction of sp³-hybridized carbons (Fsp3) is 0.250. The Kier molecular flexibility index (Phi) is 5.68. The largest absolute Gasteiger partial charge is 0.192 e. The van der Waals surface area contributed by atoms with Crippen LogP contribution in [-0.2, 0) is 5.33 Å². The molecule has 0 N–H and O–H groups in total. The molecule has 0 amide bonds. The number of alkyl halides is 1. The highest BCUT2D eigenvalue weighted by Gasteiger charge is 1.99. The Balaban J connectivity index is 2.87. The molecule has 0 heterocycles. The lowest BCUT2D eigenvalue weighted by atomic mass is 10.1. The number of hydrogen-bond acceptors (Lipinski definition) is 2. The van der Waals surface area contributed by atoms with E-state index in [4.69, 9.17) is 10.8 Å². The summed E-state index contributed by atoms with van der Waals surface area (Å²) >= 11 is 3.37. The maximum absolute atomic E-state index is 8.80. The predicted molar refractivity (Wildman–Crippen MR) is 69.3 cm³/mol. The average molecular weight is 289 g/mol. The number of nitriles is 1. The molecule has 0 radical (unpaired) electrons. The lowest BCUT2D eigenvalue weighted by Crippen LogP contribution is -1.87. The number of benzene rings is 1. The minimum atomic E-state index is 0.366. The van der Waals surface area contributed by atoms with Crippen molar-refractivity contribution in [2.24, 2.45) is 5.11 Å². The maximum Gasteiger partial charge on any atom is 0.0992 e. The molecule has 1 rings (SSSR count). The van der Waals surface area contributed by atoms with Crippen molar-refractivity contribution in [3.8, 4) is 17.9 Å². The highest BCUT2D eigenvalue weighted by molar-refractivity contribution is 9.08. The van der Waals surface area contributed by atoms with Crippen molar-refractivity contribution < 1.29 is 0 Å². The van der Waals surface area contributed by atoms with Gasteiger partial charge in [-0.05, 0) is 23.2 Å². The molecule has 0 fully saturated rings. The quantitative estimate of drug-likeness (QED) is 0.209. The summed E-state index contributed by atoms with van der Waals surface area (Å²) in [5.41, 5.74) is 10.6. The van der Waals surface area contributed by atoms with Crippen molar-refractivity contribution in [1.29, 1.82) is 5.26 Å². The Labute approximate surface area is 108 Å². The number of halogens is 1. The SMILES string of the molecule is N#Cc1ccc(CBr)c(C#CCCN=[N+]=[N-])c1. The molecule has 0 saturated heterocycles. The normalized spacial score (nSPS) is 8.47. The van der Waals surface area contributed by atoms with E-state index in [-0.39, 0.29) is 0 Å². The first-order chi connectivity index (χ1) is 8.31. The van der Waals surface area contributed by atoms with Crippen LogP contribution in [0.1, 0.15) is 23.1 Å². The van der Waals surface area contributed by atoms with Crippen molar-refractivity contribution in [1.82, 2.24) is 0 Å². The molecule has 0 unspecified atom stereocenters. The third-order valence-corrected chi connectivity index (χ3v) is 2.61. The second-order valence-electron chi connectivity index (χ2n) is 3.12. The van der Waals surface area contributed by atoms with Gasteiger partial charge in [-0.3, -0.25) is 0 Å². The van der Waals surface area contributed by atoms with E-state index in [2.05, 4.69) is 43.9 Å². The predicted octanol–water partition coefficient (Wildman–Crippen LogP) is 3.51. The molecule has 0 aromatic heterocycles. The van der Waals surface area contributed by atoms with Crippen LogP contribution in [0.25, 0.3) is 10.4 Å². The van der Waals surface area contributed by atoms with Crippen LogP contribution in [0.3, 0.4) is 0 Å². The standard InChI is InChI=1S/C12H9BrN4/c13-8-12-5-4-10(9-14)7-11(12)3-1-2-6-16-17-15/h4-5,7H,2,6,8H2. The van der Waals surface area contributed by atoms with E-state index in [1.165, 1.54) is 0 Å². The summed E-state index contributed by atoms with van der Waals surface area (Å²) in [6, 6.07) is 7.49. The van der Waals surface area contributed by atoms with Gasteiger partial charge in [-0.25, -0.2) is 0 Å². The van der Waals surface area contributed by atoms with Crippen LogP contribution < -0.4 is 0 Å². The second-order valence-corrected chi connectivity index (χ2v) is 3.68. The first-order valence-electron chi connectivity index (χ1n) is 4.90. The van der Waals surface area contributed by atoms with Gasteiger partial charge in [0, 0.05) is 28.8 Å². The van der Waals surface area contributed by atoms with Crippen LogP contribution in [0.2, 0.25) is 0 Å². The van der Waals surface area contributed by atoms with Crippen molar-refractivity contribution in [2.45, 2.75) is 11.8 Å². The summed E-state index contributed by atoms with van der Waals surface area (Å²) in [6.07, 6.45) is 0.516. The van der Waals surface area contributed by atoms with Crippen molar-refractivity contribution in [2.75, 3.05) is 6.54 Å². The Morgan fingerprint density at radius 3 is 2.94 bits per heavy atom. The Bertz CT molecular complexity index is 542. The van der Waals surface area contributed by atoms with Gasteiger partial charge in [-0.15, -0.1) is 0 Å². The van der Waals surface area contributed by atoms with Gasteiger partial charge in [-0.2, -0.15) is 5.26 Å². The average Bonchev–Trinajstić information content (AvgIpc) is 2.38. The molecule has 0 saturated carbocycles. The molecule has 4 nitrogen and oxygen atoms in total. The van der Waals surface area contributed by atoms with Gasteiger partial charge >= 0.3 is 0 Å². The van der Waals surface area contributed by atoms with Gasteiger partial charge in [0.25, 0.3) is 0 Å². The van der Waals surface area contributed by atoms with Crippen LogP contribution in [0, 0.1) is 23.2 Å². The summed E-state index contributed by atoms with van der Waals surface area (Å²) in [7, 11) is 0. The molecule has 0 aliphatic carbocycles. The van der Waals surface area contributed by atoms with E-state index in [0.29, 0.717) is 23.9 Å². The van der Waals surface area contributed by atoms with E-state index in [0.717, 1.165) is 11.1 Å². The molecule has 5 heteroatoms. The van der Waals surface area contributed by atoms with E-state index in [1.54, 1.807) is 12.1 Å². The Morgan fingerprint density at radius 1 is 1.47 bits per heavy atom. The van der Waals surface area contributed by atoms with Crippen molar-refractivity contribution in [3.05, 3.63) is 45.3 Å². The van der Waals surface area contributed by atoms with Crippen LogP contribution in [0.15, 0.2) is 23.3 Å². The van der Waals surface area contributed by atoms with Crippen molar-refractivity contribution >= 4 is 15.9 Å². The van der Waals surface area contributed by atoms with Gasteiger partial charge < -0.3 is 0 Å². The fourth-order valence-corrected chi connectivity index (χ4v) is 1.68. The second kappa shape index (κ2) is 7.35. The van der Waals surface area contributed by atoms with E-state index < -0.39 is 0 Å². The highest BCUT2D eigenvalue weighted by Crippen LogP contribution is 2.13. The fourth-order valence-electron chi connectivity index (χ4n) is 1.19. The Morgan fingerprint density at radius 2 is 2.29 bits per heavy atom. The summed E-state index contributed by atoms with van der Waals surface area (Å²) in [5, 5.41) is 12.9. The summed E-state index contributed by atoms with van der Waals surface area (Å²) in [6.45, 7) is 0.366. The summed E-state index contributed by atoms with van der Waals surface area (Å²) in [4.78, 5) is 2.65. The first-order valence-corrected chi connectivity index (χ1v) is 6.02. The Hall–Kier alpha value is -1.94. The van der Waals surface area contributed by atoms with Crippen LogP contribution in [0.5, 0.6) is 0 Å². The van der Waals surface area contributed by atoms with Crippen LogP contribution in [-0.4, -0.2) is 6.54 Å². The molecule has 0 aliphatic rings. The molecule has 17 heavy (non-hydrogen) atoms. The van der Waals surface area contributed by atoms with E-state index >= 15 is 0 Å².